The van der Waals surface area contributed by atoms with Gasteiger partial charge in [-0.25, -0.2) is 9.78 Å². The van der Waals surface area contributed by atoms with Crippen LogP contribution >= 0.6 is 11.6 Å². The summed E-state index contributed by atoms with van der Waals surface area (Å²) in [5, 5.41) is 20.2. The average Bonchev–Trinajstić information content (AvgIpc) is 2.60. The van der Waals surface area contributed by atoms with E-state index in [1.54, 1.807) is 31.4 Å². The van der Waals surface area contributed by atoms with Crippen LogP contribution < -0.4 is 9.64 Å². The molecule has 0 amide bonds. The van der Waals surface area contributed by atoms with Crippen molar-refractivity contribution >= 4 is 34.1 Å². The van der Waals surface area contributed by atoms with Gasteiger partial charge in [0.25, 0.3) is 0 Å². The van der Waals surface area contributed by atoms with E-state index in [2.05, 4.69) is 4.98 Å². The first-order chi connectivity index (χ1) is 13.6. The van der Waals surface area contributed by atoms with Crippen molar-refractivity contribution < 1.29 is 24.0 Å². The summed E-state index contributed by atoms with van der Waals surface area (Å²) in [6, 6.07) is 5.05. The zero-order chi connectivity index (χ0) is 21.7. The second-order valence-corrected chi connectivity index (χ2v) is 8.77. The predicted octanol–water partition coefficient (Wildman–Crippen LogP) is 3.68. The monoisotopic (exact) mass is 440 g/mol. The molecule has 29 heavy (non-hydrogen) atoms. The maximum absolute atomic E-state index is 12.1. The van der Waals surface area contributed by atoms with E-state index in [0.29, 0.717) is 40.9 Å². The Balaban J connectivity index is 2.51. The molecule has 0 bridgehead atoms. The largest absolute Gasteiger partial charge is 0.477 e. The van der Waals surface area contributed by atoms with E-state index in [1.165, 1.54) is 4.90 Å². The highest BCUT2D eigenvalue weighted by Crippen LogP contribution is 2.36. The summed E-state index contributed by atoms with van der Waals surface area (Å²) in [6.07, 6.45) is 2.14. The number of anilines is 1. The second kappa shape index (κ2) is 10.0. The van der Waals surface area contributed by atoms with Crippen molar-refractivity contribution in [3.63, 3.8) is 0 Å². The van der Waals surface area contributed by atoms with Crippen LogP contribution in [0.15, 0.2) is 18.2 Å². The van der Waals surface area contributed by atoms with Gasteiger partial charge in [0, 0.05) is 40.1 Å². The molecule has 0 spiro atoms. The van der Waals surface area contributed by atoms with Crippen molar-refractivity contribution in [3.05, 3.63) is 45.6 Å². The molecule has 0 radical (unpaired) electrons. The number of aromatic nitrogens is 1. The molecule has 0 saturated carbocycles. The van der Waals surface area contributed by atoms with Gasteiger partial charge in [0.1, 0.15) is 18.0 Å². The van der Waals surface area contributed by atoms with Gasteiger partial charge in [0.2, 0.25) is 5.88 Å². The Hall–Kier alpha value is -2.16. The SMILES string of the molecule is Cc1cc(N(CO)CCCS(C)=O)c(C(=O)O)c(Oc2c(C)cc(Cl)cc2C)n1. The fourth-order valence-electron chi connectivity index (χ4n) is 3.03. The summed E-state index contributed by atoms with van der Waals surface area (Å²) in [7, 11) is -0.970. The number of aromatic carboxylic acids is 1. The smallest absolute Gasteiger partial charge is 0.343 e. The molecule has 2 N–H and O–H groups in total. The summed E-state index contributed by atoms with van der Waals surface area (Å²) < 4.78 is 17.3. The minimum absolute atomic E-state index is 0.0569. The molecule has 1 aromatic carbocycles. The maximum Gasteiger partial charge on any atom is 0.343 e. The van der Waals surface area contributed by atoms with Gasteiger partial charge >= 0.3 is 5.97 Å². The minimum Gasteiger partial charge on any atom is -0.477 e. The normalized spacial score (nSPS) is 11.9. The van der Waals surface area contributed by atoms with Crippen LogP contribution in [0.25, 0.3) is 0 Å². The molecule has 0 aliphatic carbocycles. The van der Waals surface area contributed by atoms with E-state index in [0.717, 1.165) is 11.1 Å². The van der Waals surface area contributed by atoms with Gasteiger partial charge in [-0.15, -0.1) is 0 Å². The molecule has 0 aliphatic heterocycles. The highest BCUT2D eigenvalue weighted by atomic mass is 35.5. The Kier molecular flexibility index (Phi) is 8.01. The first-order valence-electron chi connectivity index (χ1n) is 8.99. The molecule has 158 valence electrons. The lowest BCUT2D eigenvalue weighted by Gasteiger charge is -2.25. The molecule has 0 saturated heterocycles. The van der Waals surface area contributed by atoms with E-state index < -0.39 is 23.5 Å². The van der Waals surface area contributed by atoms with Gasteiger partial charge in [0.05, 0.1) is 5.69 Å². The molecule has 0 fully saturated rings. The van der Waals surface area contributed by atoms with Gasteiger partial charge in [-0.3, -0.25) is 4.21 Å². The number of aliphatic hydroxyl groups is 1. The fourth-order valence-corrected chi connectivity index (χ4v) is 3.90. The van der Waals surface area contributed by atoms with Crippen molar-refractivity contribution in [1.82, 2.24) is 4.98 Å². The number of hydrogen-bond acceptors (Lipinski definition) is 6. The van der Waals surface area contributed by atoms with E-state index in [-0.39, 0.29) is 11.4 Å². The van der Waals surface area contributed by atoms with Crippen LogP contribution in [0.2, 0.25) is 5.02 Å². The van der Waals surface area contributed by atoms with Gasteiger partial charge in [-0.05, 0) is 56.5 Å². The van der Waals surface area contributed by atoms with Crippen LogP contribution in [0.3, 0.4) is 0 Å². The Morgan fingerprint density at radius 3 is 2.38 bits per heavy atom. The first-order valence-corrected chi connectivity index (χ1v) is 11.1. The highest BCUT2D eigenvalue weighted by Gasteiger charge is 2.24. The molecule has 1 aromatic heterocycles. The fraction of sp³-hybridized carbons (Fsp3) is 0.400. The third-order valence-corrected chi connectivity index (χ3v) is 5.38. The third kappa shape index (κ3) is 5.91. The molecule has 9 heteroatoms. The lowest BCUT2D eigenvalue weighted by Crippen LogP contribution is -2.28. The van der Waals surface area contributed by atoms with E-state index in [1.807, 2.05) is 13.8 Å². The third-order valence-electron chi connectivity index (χ3n) is 4.30. The second-order valence-electron chi connectivity index (χ2n) is 6.77. The summed E-state index contributed by atoms with van der Waals surface area (Å²) in [4.78, 5) is 17.9. The van der Waals surface area contributed by atoms with Crippen LogP contribution in [0.4, 0.5) is 5.69 Å². The van der Waals surface area contributed by atoms with Crippen LogP contribution in [-0.4, -0.2) is 50.7 Å². The summed E-state index contributed by atoms with van der Waals surface area (Å²) in [5.41, 5.74) is 2.20. The first kappa shape index (κ1) is 23.1. The molecule has 1 unspecified atom stereocenters. The molecule has 7 nitrogen and oxygen atoms in total. The molecule has 2 rings (SSSR count). The number of pyridine rings is 1. The number of aliphatic hydroxyl groups excluding tert-OH is 1. The summed E-state index contributed by atoms with van der Waals surface area (Å²) in [5.74, 6) is -0.337. The van der Waals surface area contributed by atoms with Crippen molar-refractivity contribution in [3.8, 4) is 11.6 Å². The zero-order valence-electron chi connectivity index (χ0n) is 16.9. The number of hydrogen-bond donors (Lipinski definition) is 2. The van der Waals surface area contributed by atoms with Crippen molar-refractivity contribution in [2.75, 3.05) is 30.2 Å². The molecule has 0 aliphatic rings. The molecule has 1 atom stereocenters. The van der Waals surface area contributed by atoms with Crippen LogP contribution in [0.1, 0.15) is 33.6 Å². The Bertz CT molecular complexity index is 912. The van der Waals surface area contributed by atoms with Crippen LogP contribution in [0.5, 0.6) is 11.6 Å². The van der Waals surface area contributed by atoms with E-state index in [9.17, 15) is 19.2 Å². The number of ether oxygens (including phenoxy) is 1. The van der Waals surface area contributed by atoms with Crippen molar-refractivity contribution in [2.45, 2.75) is 27.2 Å². The number of rotatable bonds is 9. The standard InChI is InChI=1S/C20H25ClN2O5S/c1-12-8-15(21)9-13(2)18(12)28-19-17(20(25)26)16(10-14(3)22-19)23(11-24)6-5-7-29(4)27/h8-10,24H,5-7,11H2,1-4H3,(H,25,26). The number of nitrogens with zero attached hydrogens (tertiary/aromatic N) is 2. The highest BCUT2D eigenvalue weighted by molar-refractivity contribution is 7.84. The average molecular weight is 441 g/mol. The number of benzene rings is 1. The number of carboxylic acid groups (broad SMARTS) is 1. The quantitative estimate of drug-likeness (QED) is 0.573. The van der Waals surface area contributed by atoms with Gasteiger partial charge in [0.15, 0.2) is 0 Å². The van der Waals surface area contributed by atoms with Crippen molar-refractivity contribution in [2.24, 2.45) is 0 Å². The molecular formula is C20H25ClN2O5S. The lowest BCUT2D eigenvalue weighted by atomic mass is 10.1. The maximum atomic E-state index is 12.1. The van der Waals surface area contributed by atoms with Crippen molar-refractivity contribution in [1.29, 1.82) is 0 Å². The number of carbonyl (C=O) groups is 1. The van der Waals surface area contributed by atoms with E-state index in [4.69, 9.17) is 16.3 Å². The van der Waals surface area contributed by atoms with Crippen LogP contribution in [0, 0.1) is 20.8 Å². The van der Waals surface area contributed by atoms with Crippen LogP contribution in [-0.2, 0) is 10.8 Å². The van der Waals surface area contributed by atoms with E-state index >= 15 is 0 Å². The Labute approximate surface area is 177 Å². The number of halogens is 1. The minimum atomic E-state index is -1.22. The topological polar surface area (TPSA) is 100.0 Å². The van der Waals surface area contributed by atoms with Gasteiger partial charge in [-0.1, -0.05) is 11.6 Å². The molecular weight excluding hydrogens is 416 g/mol. The van der Waals surface area contributed by atoms with Gasteiger partial charge < -0.3 is 19.8 Å². The predicted molar refractivity (Wildman–Crippen MR) is 115 cm³/mol. The number of aryl methyl sites for hydroxylation is 3. The Morgan fingerprint density at radius 1 is 1.24 bits per heavy atom. The number of carboxylic acids is 1. The zero-order valence-corrected chi connectivity index (χ0v) is 18.4. The summed E-state index contributed by atoms with van der Waals surface area (Å²) in [6.45, 7) is 5.31. The molecule has 1 heterocycles. The molecule has 2 aromatic rings. The summed E-state index contributed by atoms with van der Waals surface area (Å²) >= 11 is 6.07. The van der Waals surface area contributed by atoms with Gasteiger partial charge in [-0.2, -0.15) is 0 Å². The Morgan fingerprint density at radius 2 is 1.86 bits per heavy atom. The lowest BCUT2D eigenvalue weighted by molar-refractivity contribution is 0.0693.